The molecule has 4 heteroatoms. The third kappa shape index (κ3) is 2.93. The van der Waals surface area contributed by atoms with E-state index in [2.05, 4.69) is 23.5 Å². The van der Waals surface area contributed by atoms with Crippen LogP contribution in [0.1, 0.15) is 24.8 Å². The SMILES string of the molecule is Cl.O=C1C2CCCC2Nc2ccccc2N1Cc1ccccc1. The van der Waals surface area contributed by atoms with Gasteiger partial charge < -0.3 is 10.2 Å². The zero-order valence-corrected chi connectivity index (χ0v) is 13.8. The number of fused-ring (bicyclic) bond motifs is 2. The number of rotatable bonds is 2. The molecule has 1 amide bonds. The number of benzene rings is 2. The molecule has 2 unspecified atom stereocenters. The summed E-state index contributed by atoms with van der Waals surface area (Å²) in [6, 6.07) is 18.7. The number of hydrogen-bond donors (Lipinski definition) is 1. The van der Waals surface area contributed by atoms with Crippen molar-refractivity contribution in [3.63, 3.8) is 0 Å². The summed E-state index contributed by atoms with van der Waals surface area (Å²) in [5, 5.41) is 3.61. The first-order valence-corrected chi connectivity index (χ1v) is 8.04. The topological polar surface area (TPSA) is 32.3 Å². The summed E-state index contributed by atoms with van der Waals surface area (Å²) in [5.74, 6) is 0.375. The Hall–Kier alpha value is -2.00. The summed E-state index contributed by atoms with van der Waals surface area (Å²) < 4.78 is 0. The molecule has 1 saturated carbocycles. The third-order valence-electron chi connectivity index (χ3n) is 4.82. The maximum Gasteiger partial charge on any atom is 0.232 e. The van der Waals surface area contributed by atoms with Crippen LogP contribution in [0.2, 0.25) is 0 Å². The van der Waals surface area contributed by atoms with E-state index in [-0.39, 0.29) is 30.3 Å². The van der Waals surface area contributed by atoms with Gasteiger partial charge in [-0.15, -0.1) is 12.4 Å². The maximum absolute atomic E-state index is 13.1. The van der Waals surface area contributed by atoms with Crippen LogP contribution in [0.5, 0.6) is 0 Å². The van der Waals surface area contributed by atoms with Crippen molar-refractivity contribution in [2.24, 2.45) is 5.92 Å². The van der Waals surface area contributed by atoms with Crippen LogP contribution in [0.3, 0.4) is 0 Å². The Kier molecular flexibility index (Phi) is 4.58. The largest absolute Gasteiger partial charge is 0.380 e. The Morgan fingerprint density at radius 3 is 2.57 bits per heavy atom. The Morgan fingerprint density at radius 2 is 1.74 bits per heavy atom. The molecule has 120 valence electrons. The molecule has 0 radical (unpaired) electrons. The van der Waals surface area contributed by atoms with Crippen molar-refractivity contribution >= 4 is 29.7 Å². The van der Waals surface area contributed by atoms with Gasteiger partial charge in [-0.1, -0.05) is 48.9 Å². The summed E-state index contributed by atoms with van der Waals surface area (Å²) in [6.07, 6.45) is 3.22. The van der Waals surface area contributed by atoms with Crippen LogP contribution in [-0.4, -0.2) is 11.9 Å². The monoisotopic (exact) mass is 328 g/mol. The second-order valence-corrected chi connectivity index (χ2v) is 6.22. The number of carbonyl (C=O) groups is 1. The summed E-state index contributed by atoms with van der Waals surface area (Å²) in [7, 11) is 0. The summed E-state index contributed by atoms with van der Waals surface area (Å²) >= 11 is 0. The lowest BCUT2D eigenvalue weighted by Crippen LogP contribution is -2.38. The normalized spacial score (nSPS) is 22.4. The number of carbonyl (C=O) groups excluding carboxylic acids is 1. The van der Waals surface area contributed by atoms with E-state index in [1.165, 1.54) is 5.56 Å². The highest BCUT2D eigenvalue weighted by molar-refractivity contribution is 6.00. The van der Waals surface area contributed by atoms with E-state index < -0.39 is 0 Å². The molecule has 0 aromatic heterocycles. The van der Waals surface area contributed by atoms with Gasteiger partial charge in [0.25, 0.3) is 0 Å². The van der Waals surface area contributed by atoms with Gasteiger partial charge in [-0.25, -0.2) is 0 Å². The van der Waals surface area contributed by atoms with Crippen molar-refractivity contribution in [2.75, 3.05) is 10.2 Å². The molecule has 0 spiro atoms. The molecule has 0 saturated heterocycles. The quantitative estimate of drug-likeness (QED) is 0.894. The number of hydrogen-bond acceptors (Lipinski definition) is 2. The number of halogens is 1. The van der Waals surface area contributed by atoms with Crippen LogP contribution < -0.4 is 10.2 Å². The molecule has 2 aromatic carbocycles. The van der Waals surface area contributed by atoms with Gasteiger partial charge in [-0.05, 0) is 30.5 Å². The van der Waals surface area contributed by atoms with Crippen LogP contribution in [0.25, 0.3) is 0 Å². The lowest BCUT2D eigenvalue weighted by Gasteiger charge is -2.25. The number of nitrogens with one attached hydrogen (secondary N) is 1. The van der Waals surface area contributed by atoms with Gasteiger partial charge in [0.15, 0.2) is 0 Å². The minimum atomic E-state index is 0. The molecule has 1 N–H and O–H groups in total. The molecular formula is C19H21ClN2O. The van der Waals surface area contributed by atoms with E-state index in [1.54, 1.807) is 0 Å². The number of nitrogens with zero attached hydrogens (tertiary/aromatic N) is 1. The highest BCUT2D eigenvalue weighted by Gasteiger charge is 2.39. The van der Waals surface area contributed by atoms with Crippen LogP contribution in [0.15, 0.2) is 54.6 Å². The van der Waals surface area contributed by atoms with E-state index in [9.17, 15) is 4.79 Å². The first-order chi connectivity index (χ1) is 10.8. The van der Waals surface area contributed by atoms with Crippen LogP contribution >= 0.6 is 12.4 Å². The predicted molar refractivity (Wildman–Crippen MR) is 96.1 cm³/mol. The van der Waals surface area contributed by atoms with Gasteiger partial charge in [-0.2, -0.15) is 0 Å². The molecule has 1 aliphatic heterocycles. The van der Waals surface area contributed by atoms with Gasteiger partial charge >= 0.3 is 0 Å². The van der Waals surface area contributed by atoms with Gasteiger partial charge in [0.05, 0.1) is 23.8 Å². The minimum absolute atomic E-state index is 0. The molecule has 0 bridgehead atoms. The van der Waals surface area contributed by atoms with Crippen molar-refractivity contribution in [1.29, 1.82) is 0 Å². The molecule has 23 heavy (non-hydrogen) atoms. The second kappa shape index (κ2) is 6.63. The van der Waals surface area contributed by atoms with E-state index in [4.69, 9.17) is 0 Å². The van der Waals surface area contributed by atoms with Gasteiger partial charge in [0.2, 0.25) is 5.91 Å². The lowest BCUT2D eigenvalue weighted by molar-refractivity contribution is -0.122. The molecule has 2 aliphatic rings. The molecule has 2 atom stereocenters. The fourth-order valence-electron chi connectivity index (χ4n) is 3.71. The van der Waals surface area contributed by atoms with Crippen molar-refractivity contribution in [2.45, 2.75) is 31.8 Å². The average Bonchev–Trinajstić information content (AvgIpc) is 2.98. The van der Waals surface area contributed by atoms with Gasteiger partial charge in [0.1, 0.15) is 0 Å². The van der Waals surface area contributed by atoms with Crippen LogP contribution in [0.4, 0.5) is 11.4 Å². The summed E-state index contributed by atoms with van der Waals surface area (Å²) in [5.41, 5.74) is 3.26. The molecule has 4 rings (SSSR count). The van der Waals surface area contributed by atoms with E-state index in [0.29, 0.717) is 6.54 Å². The lowest BCUT2D eigenvalue weighted by atomic mass is 10.0. The van der Waals surface area contributed by atoms with Gasteiger partial charge in [0, 0.05) is 6.04 Å². The first kappa shape index (κ1) is 15.9. The zero-order chi connectivity index (χ0) is 14.9. The standard InChI is InChI=1S/C19H20N2O.ClH/c22-19-15-9-6-11-16(15)20-17-10-4-5-12-18(17)21(19)13-14-7-2-1-3-8-14;/h1-5,7-8,10,12,15-16,20H,6,9,11,13H2;1H. The van der Waals surface area contributed by atoms with Crippen LogP contribution in [-0.2, 0) is 11.3 Å². The predicted octanol–water partition coefficient (Wildman–Crippen LogP) is 4.24. The fourth-order valence-corrected chi connectivity index (χ4v) is 3.71. The molecule has 1 aliphatic carbocycles. The number of para-hydroxylation sites is 2. The van der Waals surface area contributed by atoms with E-state index in [0.717, 1.165) is 30.6 Å². The Bertz CT molecular complexity index is 689. The molecule has 3 nitrogen and oxygen atoms in total. The van der Waals surface area contributed by atoms with Gasteiger partial charge in [-0.3, -0.25) is 4.79 Å². The number of anilines is 2. The second-order valence-electron chi connectivity index (χ2n) is 6.22. The number of amides is 1. The van der Waals surface area contributed by atoms with E-state index >= 15 is 0 Å². The van der Waals surface area contributed by atoms with Crippen LogP contribution in [0, 0.1) is 5.92 Å². The summed E-state index contributed by atoms with van der Waals surface area (Å²) in [4.78, 5) is 15.0. The molecular weight excluding hydrogens is 308 g/mol. The maximum atomic E-state index is 13.1. The minimum Gasteiger partial charge on any atom is -0.380 e. The summed E-state index contributed by atoms with van der Waals surface area (Å²) in [6.45, 7) is 0.640. The average molecular weight is 329 g/mol. The molecule has 2 aromatic rings. The first-order valence-electron chi connectivity index (χ1n) is 8.04. The third-order valence-corrected chi connectivity index (χ3v) is 4.82. The molecule has 1 fully saturated rings. The van der Waals surface area contributed by atoms with Crippen molar-refractivity contribution in [3.05, 3.63) is 60.2 Å². The smallest absolute Gasteiger partial charge is 0.232 e. The Balaban J connectivity index is 0.00000156. The Morgan fingerprint density at radius 1 is 1.00 bits per heavy atom. The van der Waals surface area contributed by atoms with Crippen molar-refractivity contribution in [1.82, 2.24) is 0 Å². The fraction of sp³-hybridized carbons (Fsp3) is 0.316. The highest BCUT2D eigenvalue weighted by Crippen LogP contribution is 2.39. The zero-order valence-electron chi connectivity index (χ0n) is 12.9. The Labute approximate surface area is 143 Å². The molecule has 1 heterocycles. The van der Waals surface area contributed by atoms with Crippen molar-refractivity contribution < 1.29 is 4.79 Å². The highest BCUT2D eigenvalue weighted by atomic mass is 35.5. The van der Waals surface area contributed by atoms with E-state index in [1.807, 2.05) is 41.3 Å². The van der Waals surface area contributed by atoms with Crippen molar-refractivity contribution in [3.8, 4) is 0 Å².